The molecule has 0 saturated heterocycles. The van der Waals surface area contributed by atoms with Crippen molar-refractivity contribution in [3.63, 3.8) is 0 Å². The predicted molar refractivity (Wildman–Crippen MR) is 71.1 cm³/mol. The summed E-state index contributed by atoms with van der Waals surface area (Å²) >= 11 is 0. The SMILES string of the molecule is CCOC(=O)c1[nH]cc2c3c(C)c(C)c(c12)CC3. The molecule has 3 nitrogen and oxygen atoms in total. The molecule has 1 heterocycles. The van der Waals surface area contributed by atoms with Crippen LogP contribution >= 0.6 is 0 Å². The normalized spacial score (nSPS) is 13.3. The minimum atomic E-state index is -0.246. The number of aromatic nitrogens is 1. The fourth-order valence-electron chi connectivity index (χ4n) is 3.07. The summed E-state index contributed by atoms with van der Waals surface area (Å²) in [6, 6.07) is 0. The van der Waals surface area contributed by atoms with Crippen LogP contribution in [0.15, 0.2) is 6.20 Å². The standard InChI is InChI=1S/C15H17NO2/c1-4-18-15(17)14-13-11-6-5-10(8(2)9(11)3)12(13)7-16-14/h7,16H,4-6H2,1-3H3. The number of aryl methyl sites for hydroxylation is 2. The van der Waals surface area contributed by atoms with E-state index in [2.05, 4.69) is 18.8 Å². The maximum absolute atomic E-state index is 12.0. The first kappa shape index (κ1) is 11.3. The van der Waals surface area contributed by atoms with Crippen LogP contribution in [0.5, 0.6) is 0 Å². The summed E-state index contributed by atoms with van der Waals surface area (Å²) in [5, 5.41) is 2.28. The Morgan fingerprint density at radius 1 is 1.28 bits per heavy atom. The second kappa shape index (κ2) is 3.87. The van der Waals surface area contributed by atoms with Crippen molar-refractivity contribution in [1.82, 2.24) is 4.98 Å². The van der Waals surface area contributed by atoms with E-state index in [0.717, 1.165) is 18.2 Å². The van der Waals surface area contributed by atoms with E-state index in [1.807, 2.05) is 13.1 Å². The molecule has 0 amide bonds. The molecule has 0 radical (unpaired) electrons. The molecule has 2 aliphatic carbocycles. The van der Waals surface area contributed by atoms with Crippen molar-refractivity contribution in [2.24, 2.45) is 0 Å². The zero-order valence-electron chi connectivity index (χ0n) is 11.0. The maximum atomic E-state index is 12.0. The molecule has 0 fully saturated rings. The molecule has 1 aromatic heterocycles. The van der Waals surface area contributed by atoms with Crippen LogP contribution in [0, 0.1) is 13.8 Å². The molecule has 0 saturated carbocycles. The monoisotopic (exact) mass is 243 g/mol. The molecule has 0 unspecified atom stereocenters. The van der Waals surface area contributed by atoms with Gasteiger partial charge in [0.05, 0.1) is 6.61 Å². The molecule has 94 valence electrons. The highest BCUT2D eigenvalue weighted by atomic mass is 16.5. The molecular weight excluding hydrogens is 226 g/mol. The van der Waals surface area contributed by atoms with E-state index in [1.165, 1.54) is 27.6 Å². The highest BCUT2D eigenvalue weighted by Crippen LogP contribution is 2.38. The Kier molecular flexibility index (Phi) is 2.44. The summed E-state index contributed by atoms with van der Waals surface area (Å²) in [6.07, 6.45) is 4.08. The van der Waals surface area contributed by atoms with Crippen molar-refractivity contribution in [2.45, 2.75) is 33.6 Å². The van der Waals surface area contributed by atoms with Gasteiger partial charge in [-0.05, 0) is 55.9 Å². The van der Waals surface area contributed by atoms with Crippen molar-refractivity contribution >= 4 is 16.7 Å². The zero-order valence-corrected chi connectivity index (χ0v) is 11.0. The number of hydrogen-bond acceptors (Lipinski definition) is 2. The number of aromatic amines is 1. The molecule has 2 aromatic rings. The molecule has 4 rings (SSSR count). The third kappa shape index (κ3) is 1.33. The maximum Gasteiger partial charge on any atom is 0.355 e. The Hall–Kier alpha value is -1.77. The van der Waals surface area contributed by atoms with Gasteiger partial charge < -0.3 is 9.72 Å². The van der Waals surface area contributed by atoms with Gasteiger partial charge in [0.15, 0.2) is 0 Å². The average molecular weight is 243 g/mol. The van der Waals surface area contributed by atoms with Crippen molar-refractivity contribution in [3.05, 3.63) is 34.1 Å². The van der Waals surface area contributed by atoms with Gasteiger partial charge in [-0.1, -0.05) is 0 Å². The average Bonchev–Trinajstić information content (AvgIpc) is 2.80. The van der Waals surface area contributed by atoms with Crippen molar-refractivity contribution < 1.29 is 9.53 Å². The summed E-state index contributed by atoms with van der Waals surface area (Å²) in [5.74, 6) is -0.246. The molecule has 18 heavy (non-hydrogen) atoms. The Balaban J connectivity index is 2.30. The Morgan fingerprint density at radius 3 is 2.67 bits per heavy atom. The smallest absolute Gasteiger partial charge is 0.355 e. The van der Waals surface area contributed by atoms with Crippen LogP contribution in [0.4, 0.5) is 0 Å². The lowest BCUT2D eigenvalue weighted by Gasteiger charge is -2.22. The van der Waals surface area contributed by atoms with Crippen molar-refractivity contribution in [3.8, 4) is 0 Å². The van der Waals surface area contributed by atoms with Crippen LogP contribution in [0.1, 0.15) is 39.7 Å². The highest BCUT2D eigenvalue weighted by molar-refractivity contribution is 6.07. The second-order valence-corrected chi connectivity index (χ2v) is 4.88. The van der Waals surface area contributed by atoms with Crippen molar-refractivity contribution in [1.29, 1.82) is 0 Å². The molecule has 2 aliphatic rings. The van der Waals surface area contributed by atoms with E-state index < -0.39 is 0 Å². The lowest BCUT2D eigenvalue weighted by Crippen LogP contribution is -2.11. The first-order chi connectivity index (χ1) is 8.65. The van der Waals surface area contributed by atoms with Crippen LogP contribution in [0.2, 0.25) is 0 Å². The first-order valence-corrected chi connectivity index (χ1v) is 6.44. The van der Waals surface area contributed by atoms with Gasteiger partial charge in [0.2, 0.25) is 0 Å². The molecule has 0 aliphatic heterocycles. The van der Waals surface area contributed by atoms with E-state index in [-0.39, 0.29) is 5.97 Å². The van der Waals surface area contributed by atoms with Crippen LogP contribution in [0.3, 0.4) is 0 Å². The van der Waals surface area contributed by atoms with E-state index >= 15 is 0 Å². The minimum Gasteiger partial charge on any atom is -0.461 e. The van der Waals surface area contributed by atoms with Gasteiger partial charge in [-0.3, -0.25) is 0 Å². The predicted octanol–water partition coefficient (Wildman–Crippen LogP) is 3.06. The number of esters is 1. The number of nitrogens with one attached hydrogen (secondary N) is 1. The first-order valence-electron chi connectivity index (χ1n) is 6.44. The Bertz CT molecular complexity index is 652. The van der Waals surface area contributed by atoms with Gasteiger partial charge >= 0.3 is 5.97 Å². The molecule has 1 N–H and O–H groups in total. The Labute approximate surface area is 106 Å². The fraction of sp³-hybridized carbons (Fsp3) is 0.400. The quantitative estimate of drug-likeness (QED) is 0.824. The molecule has 3 heteroatoms. The summed E-state index contributed by atoms with van der Waals surface area (Å²) in [6.45, 7) is 6.56. The number of fused-ring (bicyclic) bond motifs is 2. The Morgan fingerprint density at radius 2 is 1.94 bits per heavy atom. The van der Waals surface area contributed by atoms with Crippen LogP contribution in [-0.2, 0) is 17.6 Å². The molecule has 2 bridgehead atoms. The summed E-state index contributed by atoms with van der Waals surface area (Å²) in [5.41, 5.74) is 6.00. The lowest BCUT2D eigenvalue weighted by molar-refractivity contribution is 0.0522. The van der Waals surface area contributed by atoms with Gasteiger partial charge in [0.25, 0.3) is 0 Å². The van der Waals surface area contributed by atoms with E-state index in [0.29, 0.717) is 12.3 Å². The lowest BCUT2D eigenvalue weighted by atomic mass is 9.81. The molecular formula is C15H17NO2. The second-order valence-electron chi connectivity index (χ2n) is 4.88. The van der Waals surface area contributed by atoms with Gasteiger partial charge in [-0.2, -0.15) is 0 Å². The summed E-state index contributed by atoms with van der Waals surface area (Å²) in [7, 11) is 0. The number of rotatable bonds is 2. The van der Waals surface area contributed by atoms with Crippen molar-refractivity contribution in [2.75, 3.05) is 6.61 Å². The number of H-pyrrole nitrogens is 1. The van der Waals surface area contributed by atoms with Crippen LogP contribution in [-0.4, -0.2) is 17.6 Å². The number of carbonyl (C=O) groups excluding carboxylic acids is 1. The molecule has 1 aromatic carbocycles. The van der Waals surface area contributed by atoms with Gasteiger partial charge in [0, 0.05) is 17.0 Å². The fourth-order valence-corrected chi connectivity index (χ4v) is 3.07. The summed E-state index contributed by atoms with van der Waals surface area (Å²) < 4.78 is 5.11. The number of hydrogen-bond donors (Lipinski definition) is 1. The third-order valence-electron chi connectivity index (χ3n) is 4.08. The number of benzene rings is 1. The third-order valence-corrected chi connectivity index (χ3v) is 4.08. The minimum absolute atomic E-state index is 0.246. The zero-order chi connectivity index (χ0) is 12.9. The number of carbonyl (C=O) groups is 1. The van der Waals surface area contributed by atoms with Gasteiger partial charge in [-0.15, -0.1) is 0 Å². The van der Waals surface area contributed by atoms with E-state index in [4.69, 9.17) is 4.74 Å². The van der Waals surface area contributed by atoms with Gasteiger partial charge in [0.1, 0.15) is 5.69 Å². The molecule has 0 spiro atoms. The van der Waals surface area contributed by atoms with Crippen LogP contribution < -0.4 is 0 Å². The summed E-state index contributed by atoms with van der Waals surface area (Å²) in [4.78, 5) is 15.1. The largest absolute Gasteiger partial charge is 0.461 e. The number of ether oxygens (including phenoxy) is 1. The van der Waals surface area contributed by atoms with Crippen LogP contribution in [0.25, 0.3) is 10.8 Å². The van der Waals surface area contributed by atoms with Gasteiger partial charge in [-0.25, -0.2) is 4.79 Å². The topological polar surface area (TPSA) is 42.1 Å². The molecule has 0 atom stereocenters. The van der Waals surface area contributed by atoms with E-state index in [1.54, 1.807) is 0 Å². The van der Waals surface area contributed by atoms with E-state index in [9.17, 15) is 4.79 Å². The highest BCUT2D eigenvalue weighted by Gasteiger charge is 2.25.